The number of benzene rings is 1. The highest BCUT2D eigenvalue weighted by molar-refractivity contribution is 5.74. The third kappa shape index (κ3) is 2.55. The smallest absolute Gasteiger partial charge is 0.298 e. The molecule has 1 unspecified atom stereocenters. The number of aryl methyl sites for hydroxylation is 1. The molecule has 120 valence electrons. The number of aromatic nitrogens is 4. The molecule has 0 N–H and O–H groups in total. The van der Waals surface area contributed by atoms with Crippen LogP contribution < -0.4 is 4.90 Å². The quantitative estimate of drug-likeness (QED) is 0.737. The standard InChI is InChI=1S/C15H16FN5O2/c1-2-20-9-17-19-14(20)13-8-21(5-6-22-13)15-18-11-7-10(16)3-4-12(11)23-15/h3-4,7,9,13H,2,5-6,8H2,1H3. The van der Waals surface area contributed by atoms with E-state index < -0.39 is 0 Å². The minimum Gasteiger partial charge on any atom is -0.423 e. The van der Waals surface area contributed by atoms with Crippen molar-refractivity contribution in [2.24, 2.45) is 0 Å². The van der Waals surface area contributed by atoms with Crippen LogP contribution in [0.2, 0.25) is 0 Å². The zero-order valence-electron chi connectivity index (χ0n) is 12.6. The van der Waals surface area contributed by atoms with Crippen LogP contribution in [-0.4, -0.2) is 39.4 Å². The largest absolute Gasteiger partial charge is 0.423 e. The Bertz CT molecular complexity index is 830. The van der Waals surface area contributed by atoms with E-state index in [-0.39, 0.29) is 11.9 Å². The molecule has 1 aliphatic heterocycles. The highest BCUT2D eigenvalue weighted by Crippen LogP contribution is 2.27. The lowest BCUT2D eigenvalue weighted by Gasteiger charge is -2.31. The first-order valence-electron chi connectivity index (χ1n) is 7.55. The molecule has 1 atom stereocenters. The SMILES string of the molecule is CCn1cnnc1C1CN(c2nc3cc(F)ccc3o2)CCO1. The van der Waals surface area contributed by atoms with Crippen molar-refractivity contribution in [3.8, 4) is 0 Å². The van der Waals surface area contributed by atoms with Crippen LogP contribution >= 0.6 is 0 Å². The van der Waals surface area contributed by atoms with Crippen molar-refractivity contribution in [1.82, 2.24) is 19.7 Å². The predicted octanol–water partition coefficient (Wildman–Crippen LogP) is 2.16. The van der Waals surface area contributed by atoms with E-state index in [2.05, 4.69) is 15.2 Å². The van der Waals surface area contributed by atoms with Gasteiger partial charge < -0.3 is 18.6 Å². The van der Waals surface area contributed by atoms with Gasteiger partial charge in [-0.3, -0.25) is 0 Å². The van der Waals surface area contributed by atoms with Gasteiger partial charge >= 0.3 is 0 Å². The number of anilines is 1. The van der Waals surface area contributed by atoms with Crippen molar-refractivity contribution in [1.29, 1.82) is 0 Å². The Morgan fingerprint density at radius 1 is 1.39 bits per heavy atom. The number of rotatable bonds is 3. The Morgan fingerprint density at radius 3 is 3.17 bits per heavy atom. The van der Waals surface area contributed by atoms with Gasteiger partial charge in [0.25, 0.3) is 6.01 Å². The average molecular weight is 317 g/mol. The predicted molar refractivity (Wildman–Crippen MR) is 80.6 cm³/mol. The maximum absolute atomic E-state index is 13.3. The summed E-state index contributed by atoms with van der Waals surface area (Å²) in [5, 5.41) is 8.10. The molecule has 7 nitrogen and oxygen atoms in total. The molecule has 1 aliphatic rings. The van der Waals surface area contributed by atoms with E-state index in [1.165, 1.54) is 12.1 Å². The first-order chi connectivity index (χ1) is 11.2. The number of oxazole rings is 1. The van der Waals surface area contributed by atoms with Crippen molar-refractivity contribution in [3.63, 3.8) is 0 Å². The average Bonchev–Trinajstić information content (AvgIpc) is 3.21. The first-order valence-corrected chi connectivity index (χ1v) is 7.55. The van der Waals surface area contributed by atoms with Gasteiger partial charge in [0.1, 0.15) is 23.8 Å². The highest BCUT2D eigenvalue weighted by Gasteiger charge is 2.28. The van der Waals surface area contributed by atoms with Crippen LogP contribution in [0.3, 0.4) is 0 Å². The van der Waals surface area contributed by atoms with Gasteiger partial charge in [0, 0.05) is 19.2 Å². The van der Waals surface area contributed by atoms with Crippen LogP contribution in [0, 0.1) is 5.82 Å². The van der Waals surface area contributed by atoms with Crippen LogP contribution in [0.5, 0.6) is 0 Å². The molecular formula is C15H16FN5O2. The number of ether oxygens (including phenoxy) is 1. The zero-order valence-corrected chi connectivity index (χ0v) is 12.6. The third-order valence-electron chi connectivity index (χ3n) is 3.95. The Hall–Kier alpha value is -2.48. The van der Waals surface area contributed by atoms with Crippen molar-refractivity contribution in [2.45, 2.75) is 19.6 Å². The molecule has 0 saturated carbocycles. The molecule has 3 aromatic rings. The van der Waals surface area contributed by atoms with Gasteiger partial charge in [0.05, 0.1) is 13.2 Å². The Kier molecular flexibility index (Phi) is 3.45. The Balaban J connectivity index is 1.61. The molecule has 4 rings (SSSR count). The van der Waals surface area contributed by atoms with Gasteiger partial charge in [0.2, 0.25) is 0 Å². The zero-order chi connectivity index (χ0) is 15.8. The highest BCUT2D eigenvalue weighted by atomic mass is 19.1. The molecule has 0 spiro atoms. The van der Waals surface area contributed by atoms with Crippen LogP contribution in [0.1, 0.15) is 18.9 Å². The van der Waals surface area contributed by atoms with Crippen molar-refractivity contribution >= 4 is 17.1 Å². The van der Waals surface area contributed by atoms with E-state index in [0.29, 0.717) is 36.8 Å². The number of fused-ring (bicyclic) bond motifs is 1. The number of morpholine rings is 1. The van der Waals surface area contributed by atoms with E-state index in [0.717, 1.165) is 12.4 Å². The van der Waals surface area contributed by atoms with E-state index in [1.54, 1.807) is 12.4 Å². The molecule has 0 aliphatic carbocycles. The second-order valence-corrected chi connectivity index (χ2v) is 5.39. The molecule has 1 fully saturated rings. The maximum Gasteiger partial charge on any atom is 0.298 e. The summed E-state index contributed by atoms with van der Waals surface area (Å²) in [5.41, 5.74) is 1.08. The van der Waals surface area contributed by atoms with Gasteiger partial charge in [-0.25, -0.2) is 4.39 Å². The summed E-state index contributed by atoms with van der Waals surface area (Å²) in [6.45, 7) is 4.57. The molecule has 23 heavy (non-hydrogen) atoms. The van der Waals surface area contributed by atoms with Crippen LogP contribution in [-0.2, 0) is 11.3 Å². The number of nitrogens with zero attached hydrogens (tertiary/aromatic N) is 5. The minimum atomic E-state index is -0.326. The van der Waals surface area contributed by atoms with Gasteiger partial charge in [-0.1, -0.05) is 0 Å². The van der Waals surface area contributed by atoms with Crippen molar-refractivity contribution < 1.29 is 13.5 Å². The van der Waals surface area contributed by atoms with Gasteiger partial charge in [-0.15, -0.1) is 10.2 Å². The summed E-state index contributed by atoms with van der Waals surface area (Å²) in [6.07, 6.45) is 1.50. The van der Waals surface area contributed by atoms with Crippen LogP contribution in [0.4, 0.5) is 10.4 Å². The lowest BCUT2D eigenvalue weighted by Crippen LogP contribution is -2.39. The van der Waals surface area contributed by atoms with Gasteiger partial charge in [-0.2, -0.15) is 4.98 Å². The topological polar surface area (TPSA) is 69.2 Å². The van der Waals surface area contributed by atoms with E-state index >= 15 is 0 Å². The molecule has 8 heteroatoms. The molecule has 0 bridgehead atoms. The second kappa shape index (κ2) is 5.62. The van der Waals surface area contributed by atoms with E-state index in [9.17, 15) is 4.39 Å². The Morgan fingerprint density at radius 2 is 2.30 bits per heavy atom. The summed E-state index contributed by atoms with van der Waals surface area (Å²) < 4.78 is 26.8. The molecule has 2 aromatic heterocycles. The third-order valence-corrected chi connectivity index (χ3v) is 3.95. The summed E-state index contributed by atoms with van der Waals surface area (Å²) in [6, 6.07) is 4.80. The monoisotopic (exact) mass is 317 g/mol. The summed E-state index contributed by atoms with van der Waals surface area (Å²) in [7, 11) is 0. The molecule has 1 saturated heterocycles. The summed E-state index contributed by atoms with van der Waals surface area (Å²) in [5.74, 6) is 0.465. The molecular weight excluding hydrogens is 301 g/mol. The lowest BCUT2D eigenvalue weighted by atomic mass is 10.2. The van der Waals surface area contributed by atoms with E-state index in [1.807, 2.05) is 16.4 Å². The summed E-state index contributed by atoms with van der Waals surface area (Å²) in [4.78, 5) is 6.36. The van der Waals surface area contributed by atoms with Crippen LogP contribution in [0.25, 0.3) is 11.1 Å². The minimum absolute atomic E-state index is 0.196. The number of halogens is 1. The lowest BCUT2D eigenvalue weighted by molar-refractivity contribution is 0.0300. The number of hydrogen-bond donors (Lipinski definition) is 0. The fraction of sp³-hybridized carbons (Fsp3) is 0.400. The van der Waals surface area contributed by atoms with Gasteiger partial charge in [-0.05, 0) is 19.1 Å². The van der Waals surface area contributed by atoms with Gasteiger partial charge in [0.15, 0.2) is 11.4 Å². The fourth-order valence-corrected chi connectivity index (χ4v) is 2.76. The maximum atomic E-state index is 13.3. The van der Waals surface area contributed by atoms with Crippen LogP contribution in [0.15, 0.2) is 28.9 Å². The molecule has 1 aromatic carbocycles. The molecule has 3 heterocycles. The summed E-state index contributed by atoms with van der Waals surface area (Å²) >= 11 is 0. The first kappa shape index (κ1) is 14.1. The normalized spacial score (nSPS) is 18.7. The fourth-order valence-electron chi connectivity index (χ4n) is 2.76. The molecule has 0 radical (unpaired) electrons. The Labute approximate surface area is 131 Å². The second-order valence-electron chi connectivity index (χ2n) is 5.39. The molecule has 0 amide bonds. The van der Waals surface area contributed by atoms with E-state index in [4.69, 9.17) is 9.15 Å². The van der Waals surface area contributed by atoms with Crippen molar-refractivity contribution in [2.75, 3.05) is 24.6 Å². The van der Waals surface area contributed by atoms with Crippen molar-refractivity contribution in [3.05, 3.63) is 36.2 Å². The number of hydrogen-bond acceptors (Lipinski definition) is 6.